The molecule has 23 heavy (non-hydrogen) atoms. The fourth-order valence-corrected chi connectivity index (χ4v) is 1.89. The Labute approximate surface area is 142 Å². The largest absolute Gasteiger partial charge is 0.444 e. The molecule has 1 aliphatic heterocycles. The minimum atomic E-state index is -0.469. The number of hydrogen-bond acceptors (Lipinski definition) is 3. The van der Waals surface area contributed by atoms with E-state index < -0.39 is 5.60 Å². The lowest BCUT2D eigenvalue weighted by Crippen LogP contribution is -2.44. The van der Waals surface area contributed by atoms with Crippen molar-refractivity contribution in [3.8, 4) is 0 Å². The van der Waals surface area contributed by atoms with Gasteiger partial charge in [-0.2, -0.15) is 0 Å². The van der Waals surface area contributed by atoms with Crippen LogP contribution >= 0.6 is 0 Å². The van der Waals surface area contributed by atoms with Gasteiger partial charge in [0.25, 0.3) is 0 Å². The van der Waals surface area contributed by atoms with Crippen LogP contribution in [0.2, 0.25) is 0 Å². The molecule has 0 saturated carbocycles. The van der Waals surface area contributed by atoms with Crippen LogP contribution in [-0.4, -0.2) is 35.4 Å². The monoisotopic (exact) mass is 322 g/mol. The van der Waals surface area contributed by atoms with Gasteiger partial charge in [-0.15, -0.1) is 0 Å². The molecule has 1 aliphatic rings. The van der Waals surface area contributed by atoms with E-state index >= 15 is 0 Å². The molecule has 1 fully saturated rings. The smallest absolute Gasteiger partial charge is 0.410 e. The number of aliphatic imine (C=N–C) groups is 1. The van der Waals surface area contributed by atoms with Gasteiger partial charge in [-0.3, -0.25) is 4.99 Å². The molecule has 0 bridgehead atoms. The lowest BCUT2D eigenvalue weighted by atomic mass is 10.0. The van der Waals surface area contributed by atoms with Crippen molar-refractivity contribution in [3.63, 3.8) is 0 Å². The van der Waals surface area contributed by atoms with Crippen LogP contribution in [0.15, 0.2) is 28.9 Å². The zero-order chi connectivity index (χ0) is 18.0. The first-order valence-electron chi connectivity index (χ1n) is 8.51. The summed E-state index contributed by atoms with van der Waals surface area (Å²) in [5, 5.41) is 0. The van der Waals surface area contributed by atoms with Crippen LogP contribution in [-0.2, 0) is 4.74 Å². The van der Waals surface area contributed by atoms with E-state index in [1.165, 1.54) is 18.4 Å². The number of unbranched alkanes of at least 4 members (excludes halogenated alkanes) is 1. The van der Waals surface area contributed by atoms with Gasteiger partial charge in [-0.05, 0) is 46.6 Å². The Morgan fingerprint density at radius 3 is 2.30 bits per heavy atom. The standard InChI is InChI=1S/C15H24N2O2.C4H10/c1-7-12-8-9-17(10-13(12)16-11(2)3)14(18)19-15(4,5)6;1-3-4-2/h7H,2,8-10H2,1,3-6H3;3-4H2,1-2H3/b12-7-,16-13?;. The summed E-state index contributed by atoms with van der Waals surface area (Å²) in [6.07, 6.45) is 5.22. The predicted octanol–water partition coefficient (Wildman–Crippen LogP) is 5.35. The zero-order valence-electron chi connectivity index (χ0n) is 16.0. The Balaban J connectivity index is 0.00000108. The second-order valence-corrected chi connectivity index (χ2v) is 6.76. The highest BCUT2D eigenvalue weighted by Crippen LogP contribution is 2.18. The number of likely N-dealkylation sites (tertiary alicyclic amines) is 1. The first-order valence-corrected chi connectivity index (χ1v) is 8.51. The quantitative estimate of drug-likeness (QED) is 0.687. The Bertz CT molecular complexity index is 454. The van der Waals surface area contributed by atoms with E-state index in [0.29, 0.717) is 13.1 Å². The van der Waals surface area contributed by atoms with Crippen molar-refractivity contribution in [1.82, 2.24) is 4.90 Å². The molecule has 0 N–H and O–H groups in total. The second-order valence-electron chi connectivity index (χ2n) is 6.76. The van der Waals surface area contributed by atoms with E-state index in [9.17, 15) is 4.79 Å². The van der Waals surface area contributed by atoms with E-state index in [2.05, 4.69) is 25.4 Å². The fraction of sp³-hybridized carbons (Fsp3) is 0.684. The van der Waals surface area contributed by atoms with Gasteiger partial charge in [0, 0.05) is 12.2 Å². The number of carbonyl (C=O) groups excluding carboxylic acids is 1. The lowest BCUT2D eigenvalue weighted by Gasteiger charge is -2.31. The molecule has 0 unspecified atom stereocenters. The fourth-order valence-electron chi connectivity index (χ4n) is 1.89. The van der Waals surface area contributed by atoms with Gasteiger partial charge < -0.3 is 9.64 Å². The summed E-state index contributed by atoms with van der Waals surface area (Å²) in [5.41, 5.74) is 2.37. The maximum Gasteiger partial charge on any atom is 0.410 e. The van der Waals surface area contributed by atoms with Crippen molar-refractivity contribution in [2.75, 3.05) is 13.1 Å². The summed E-state index contributed by atoms with van der Waals surface area (Å²) >= 11 is 0. The van der Waals surface area contributed by atoms with E-state index in [-0.39, 0.29) is 6.09 Å². The van der Waals surface area contributed by atoms with E-state index in [0.717, 1.165) is 17.8 Å². The Morgan fingerprint density at radius 1 is 1.35 bits per heavy atom. The molecule has 0 aliphatic carbocycles. The Morgan fingerprint density at radius 2 is 1.91 bits per heavy atom. The number of nitrogens with zero attached hydrogens (tertiary/aromatic N) is 2. The average Bonchev–Trinajstić information content (AvgIpc) is 2.45. The summed E-state index contributed by atoms with van der Waals surface area (Å²) in [7, 11) is 0. The summed E-state index contributed by atoms with van der Waals surface area (Å²) < 4.78 is 5.39. The maximum atomic E-state index is 12.0. The van der Waals surface area contributed by atoms with Gasteiger partial charge in [-0.25, -0.2) is 4.79 Å². The number of carbonyl (C=O) groups is 1. The summed E-state index contributed by atoms with van der Waals surface area (Å²) in [4.78, 5) is 18.2. The number of ether oxygens (including phenoxy) is 1. The van der Waals surface area contributed by atoms with Gasteiger partial charge in [0.15, 0.2) is 0 Å². The highest BCUT2D eigenvalue weighted by molar-refractivity contribution is 6.04. The highest BCUT2D eigenvalue weighted by atomic mass is 16.6. The highest BCUT2D eigenvalue weighted by Gasteiger charge is 2.27. The molecule has 1 saturated heterocycles. The zero-order valence-corrected chi connectivity index (χ0v) is 16.0. The Hall–Kier alpha value is -1.58. The molecule has 4 nitrogen and oxygen atoms in total. The summed E-state index contributed by atoms with van der Waals surface area (Å²) in [5.74, 6) is 0. The van der Waals surface area contributed by atoms with Crippen molar-refractivity contribution < 1.29 is 9.53 Å². The minimum absolute atomic E-state index is 0.280. The lowest BCUT2D eigenvalue weighted by molar-refractivity contribution is 0.0274. The second kappa shape index (κ2) is 10.2. The molecule has 0 atom stereocenters. The van der Waals surface area contributed by atoms with Crippen LogP contribution in [0, 0.1) is 0 Å². The third-order valence-electron chi connectivity index (χ3n) is 3.19. The first-order chi connectivity index (χ1) is 10.6. The molecule has 1 amide bonds. The van der Waals surface area contributed by atoms with Crippen LogP contribution in [0.25, 0.3) is 0 Å². The van der Waals surface area contributed by atoms with Crippen molar-refractivity contribution in [1.29, 1.82) is 0 Å². The van der Waals surface area contributed by atoms with Crippen LogP contribution in [0.5, 0.6) is 0 Å². The first kappa shape index (κ1) is 21.4. The van der Waals surface area contributed by atoms with Gasteiger partial charge in [0.2, 0.25) is 0 Å². The van der Waals surface area contributed by atoms with E-state index in [4.69, 9.17) is 4.74 Å². The van der Waals surface area contributed by atoms with Crippen molar-refractivity contribution in [2.45, 2.75) is 73.3 Å². The Kier molecular flexibility index (Phi) is 9.54. The molecular formula is C19H34N2O2. The van der Waals surface area contributed by atoms with Crippen LogP contribution < -0.4 is 0 Å². The molecule has 0 aromatic rings. The summed E-state index contributed by atoms with van der Waals surface area (Å²) in [6, 6.07) is 0. The molecule has 1 heterocycles. The van der Waals surface area contributed by atoms with Crippen molar-refractivity contribution in [2.24, 2.45) is 4.99 Å². The van der Waals surface area contributed by atoms with E-state index in [1.807, 2.05) is 40.7 Å². The van der Waals surface area contributed by atoms with Crippen molar-refractivity contribution >= 4 is 11.8 Å². The van der Waals surface area contributed by atoms with E-state index in [1.54, 1.807) is 4.90 Å². The van der Waals surface area contributed by atoms with Crippen LogP contribution in [0.4, 0.5) is 4.79 Å². The number of amides is 1. The number of hydrogen-bond donors (Lipinski definition) is 0. The van der Waals surface area contributed by atoms with Gasteiger partial charge in [-0.1, -0.05) is 39.3 Å². The maximum absolute atomic E-state index is 12.0. The van der Waals surface area contributed by atoms with Gasteiger partial charge >= 0.3 is 6.09 Å². The molecule has 0 radical (unpaired) electrons. The molecule has 132 valence electrons. The minimum Gasteiger partial charge on any atom is -0.444 e. The average molecular weight is 322 g/mol. The SMILES string of the molecule is C=C(C)N=C1CN(C(=O)OC(C)(C)C)CC/C1=C/C.CCCC. The normalized spacial score (nSPS) is 18.5. The molecule has 0 aromatic carbocycles. The number of allylic oxidation sites excluding steroid dienone is 2. The predicted molar refractivity (Wildman–Crippen MR) is 99.0 cm³/mol. The molecule has 4 heteroatoms. The third kappa shape index (κ3) is 9.22. The van der Waals surface area contributed by atoms with Crippen LogP contribution in [0.3, 0.4) is 0 Å². The molecule has 1 rings (SSSR count). The number of rotatable bonds is 2. The topological polar surface area (TPSA) is 41.9 Å². The summed E-state index contributed by atoms with van der Waals surface area (Å²) in [6.45, 7) is 18.8. The molecular weight excluding hydrogens is 288 g/mol. The van der Waals surface area contributed by atoms with Gasteiger partial charge in [0.05, 0.1) is 12.3 Å². The molecule has 0 spiro atoms. The van der Waals surface area contributed by atoms with Gasteiger partial charge in [0.1, 0.15) is 5.60 Å². The van der Waals surface area contributed by atoms with Crippen LogP contribution in [0.1, 0.15) is 67.7 Å². The molecule has 0 aromatic heterocycles. The third-order valence-corrected chi connectivity index (χ3v) is 3.19. The van der Waals surface area contributed by atoms with Crippen molar-refractivity contribution in [3.05, 3.63) is 23.9 Å². The number of piperidine rings is 1.